The molecule has 0 aliphatic heterocycles. The van der Waals surface area contributed by atoms with Crippen LogP contribution in [0.25, 0.3) is 22.5 Å². The molecule has 1 heterocycles. The van der Waals surface area contributed by atoms with Gasteiger partial charge in [0, 0.05) is 18.1 Å². The van der Waals surface area contributed by atoms with E-state index in [4.69, 9.17) is 10.3 Å². The number of halogens is 3. The van der Waals surface area contributed by atoms with Crippen LogP contribution in [-0.2, 0) is 0 Å². The van der Waals surface area contributed by atoms with Gasteiger partial charge in [-0.25, -0.2) is 0 Å². The van der Waals surface area contributed by atoms with E-state index in [1.807, 2.05) is 42.5 Å². The Labute approximate surface area is 152 Å². The van der Waals surface area contributed by atoms with Crippen LogP contribution in [0.1, 0.15) is 0 Å². The van der Waals surface area contributed by atoms with Crippen molar-refractivity contribution in [2.24, 2.45) is 0 Å². The monoisotopic (exact) mass is 518 g/mol. The second-order valence-corrected chi connectivity index (χ2v) is 7.40. The van der Waals surface area contributed by atoms with Crippen LogP contribution in [-0.4, -0.2) is 5.16 Å². The SMILES string of the molecule is Nc1noc(-c2cc(Br)ccc2I)c1-c1cccc(Br)c1. The molecule has 21 heavy (non-hydrogen) atoms. The van der Waals surface area contributed by atoms with Crippen LogP contribution < -0.4 is 5.73 Å². The van der Waals surface area contributed by atoms with Gasteiger partial charge in [0.15, 0.2) is 11.6 Å². The highest BCUT2D eigenvalue weighted by atomic mass is 127. The number of anilines is 1. The second-order valence-electron chi connectivity index (χ2n) is 4.41. The van der Waals surface area contributed by atoms with Crippen LogP contribution in [0.5, 0.6) is 0 Å². The maximum absolute atomic E-state index is 6.01. The number of hydrogen-bond donors (Lipinski definition) is 1. The summed E-state index contributed by atoms with van der Waals surface area (Å²) in [5.41, 5.74) is 8.76. The van der Waals surface area contributed by atoms with Gasteiger partial charge >= 0.3 is 0 Å². The third-order valence-corrected chi connectivity index (χ3v) is 4.93. The molecule has 0 atom stereocenters. The smallest absolute Gasteiger partial charge is 0.178 e. The van der Waals surface area contributed by atoms with Gasteiger partial charge < -0.3 is 10.3 Å². The first kappa shape index (κ1) is 15.1. The van der Waals surface area contributed by atoms with Gasteiger partial charge in [-0.15, -0.1) is 0 Å². The number of benzene rings is 2. The first-order valence-electron chi connectivity index (χ1n) is 6.03. The number of nitrogens with zero attached hydrogens (tertiary/aromatic N) is 1. The van der Waals surface area contributed by atoms with Gasteiger partial charge in [-0.2, -0.15) is 0 Å². The molecular weight excluding hydrogens is 511 g/mol. The molecule has 0 radical (unpaired) electrons. The van der Waals surface area contributed by atoms with E-state index in [1.54, 1.807) is 0 Å². The van der Waals surface area contributed by atoms with Crippen LogP contribution in [0.4, 0.5) is 5.82 Å². The normalized spacial score (nSPS) is 10.8. The van der Waals surface area contributed by atoms with Gasteiger partial charge in [-0.3, -0.25) is 0 Å². The van der Waals surface area contributed by atoms with E-state index in [-0.39, 0.29) is 0 Å². The molecule has 3 nitrogen and oxygen atoms in total. The van der Waals surface area contributed by atoms with E-state index in [0.29, 0.717) is 11.6 Å². The predicted molar refractivity (Wildman–Crippen MR) is 99.9 cm³/mol. The number of aromatic nitrogens is 1. The number of nitrogens with two attached hydrogens (primary N) is 1. The maximum atomic E-state index is 6.01. The van der Waals surface area contributed by atoms with Gasteiger partial charge in [0.1, 0.15) is 0 Å². The van der Waals surface area contributed by atoms with Gasteiger partial charge in [0.05, 0.1) is 5.56 Å². The molecule has 0 saturated carbocycles. The molecule has 0 saturated heterocycles. The van der Waals surface area contributed by atoms with Crippen molar-refractivity contribution in [2.75, 3.05) is 5.73 Å². The molecule has 3 aromatic rings. The largest absolute Gasteiger partial charge is 0.380 e. The zero-order valence-corrected chi connectivity index (χ0v) is 15.9. The summed E-state index contributed by atoms with van der Waals surface area (Å²) in [6, 6.07) is 13.9. The molecule has 0 aliphatic rings. The Hall–Kier alpha value is -0.860. The molecule has 2 aromatic carbocycles. The molecule has 3 rings (SSSR count). The first-order valence-corrected chi connectivity index (χ1v) is 8.69. The maximum Gasteiger partial charge on any atom is 0.178 e. The second kappa shape index (κ2) is 6.10. The van der Waals surface area contributed by atoms with Crippen molar-refractivity contribution >= 4 is 60.3 Å². The summed E-state index contributed by atoms with van der Waals surface area (Å²) in [7, 11) is 0. The Morgan fingerprint density at radius 2 is 1.81 bits per heavy atom. The van der Waals surface area contributed by atoms with Gasteiger partial charge in [0.25, 0.3) is 0 Å². The van der Waals surface area contributed by atoms with E-state index >= 15 is 0 Å². The Balaban J connectivity index is 2.24. The minimum absolute atomic E-state index is 0.388. The fourth-order valence-corrected chi connectivity index (χ4v) is 3.42. The molecule has 0 spiro atoms. The summed E-state index contributed by atoms with van der Waals surface area (Å²) in [5.74, 6) is 1.06. The third kappa shape index (κ3) is 3.02. The molecule has 1 aromatic heterocycles. The molecule has 0 bridgehead atoms. The van der Waals surface area contributed by atoms with Crippen molar-refractivity contribution < 1.29 is 4.52 Å². The Morgan fingerprint density at radius 1 is 1.05 bits per heavy atom. The minimum Gasteiger partial charge on any atom is -0.380 e. The molecule has 0 amide bonds. The lowest BCUT2D eigenvalue weighted by molar-refractivity contribution is 0.436. The minimum atomic E-state index is 0.388. The molecule has 0 aliphatic carbocycles. The van der Waals surface area contributed by atoms with Crippen molar-refractivity contribution in [3.8, 4) is 22.5 Å². The van der Waals surface area contributed by atoms with Crippen LogP contribution in [0.2, 0.25) is 0 Å². The van der Waals surface area contributed by atoms with Crippen LogP contribution in [0, 0.1) is 3.57 Å². The molecule has 6 heteroatoms. The summed E-state index contributed by atoms with van der Waals surface area (Å²) in [6.07, 6.45) is 0. The fraction of sp³-hybridized carbons (Fsp3) is 0. The Kier molecular flexibility index (Phi) is 4.37. The van der Waals surface area contributed by atoms with E-state index in [2.05, 4.69) is 59.6 Å². The van der Waals surface area contributed by atoms with Crippen molar-refractivity contribution in [1.29, 1.82) is 0 Å². The van der Waals surface area contributed by atoms with Gasteiger partial charge in [-0.1, -0.05) is 49.1 Å². The summed E-state index contributed by atoms with van der Waals surface area (Å²) in [5, 5.41) is 3.94. The zero-order valence-electron chi connectivity index (χ0n) is 10.6. The first-order chi connectivity index (χ1) is 10.1. The van der Waals surface area contributed by atoms with E-state index in [0.717, 1.165) is 29.2 Å². The van der Waals surface area contributed by atoms with Crippen LogP contribution in [0.15, 0.2) is 55.9 Å². The van der Waals surface area contributed by atoms with Gasteiger partial charge in [0.2, 0.25) is 0 Å². The number of hydrogen-bond acceptors (Lipinski definition) is 3. The molecular formula is C15H9Br2IN2O. The van der Waals surface area contributed by atoms with E-state index in [1.165, 1.54) is 0 Å². The van der Waals surface area contributed by atoms with Crippen LogP contribution in [0.3, 0.4) is 0 Å². The lowest BCUT2D eigenvalue weighted by atomic mass is 10.0. The molecule has 0 fully saturated rings. The Morgan fingerprint density at radius 3 is 2.57 bits per heavy atom. The van der Waals surface area contributed by atoms with E-state index < -0.39 is 0 Å². The van der Waals surface area contributed by atoms with Crippen LogP contribution >= 0.6 is 54.5 Å². The van der Waals surface area contributed by atoms with Crippen molar-refractivity contribution in [3.63, 3.8) is 0 Å². The fourth-order valence-electron chi connectivity index (χ4n) is 2.08. The average molecular weight is 520 g/mol. The van der Waals surface area contributed by atoms with Crippen molar-refractivity contribution in [1.82, 2.24) is 5.16 Å². The number of rotatable bonds is 2. The third-order valence-electron chi connectivity index (χ3n) is 3.00. The van der Waals surface area contributed by atoms with Crippen molar-refractivity contribution in [3.05, 3.63) is 55.0 Å². The lowest BCUT2D eigenvalue weighted by Crippen LogP contribution is -1.90. The highest BCUT2D eigenvalue weighted by Crippen LogP contribution is 2.39. The quantitative estimate of drug-likeness (QED) is 0.441. The highest BCUT2D eigenvalue weighted by molar-refractivity contribution is 14.1. The summed E-state index contributed by atoms with van der Waals surface area (Å²) in [6.45, 7) is 0. The zero-order chi connectivity index (χ0) is 15.0. The average Bonchev–Trinajstić information content (AvgIpc) is 2.83. The molecule has 106 valence electrons. The Bertz CT molecular complexity index is 817. The predicted octanol–water partition coefficient (Wildman–Crippen LogP) is 5.72. The summed E-state index contributed by atoms with van der Waals surface area (Å²) < 4.78 is 8.53. The van der Waals surface area contributed by atoms with Gasteiger partial charge in [-0.05, 0) is 58.5 Å². The lowest BCUT2D eigenvalue weighted by Gasteiger charge is -2.06. The molecule has 0 unspecified atom stereocenters. The standard InChI is InChI=1S/C15H9Br2IN2O/c16-9-3-1-2-8(6-9)13-14(21-20-15(13)19)11-7-10(17)4-5-12(11)18/h1-7H,(H2,19,20). The summed E-state index contributed by atoms with van der Waals surface area (Å²) >= 11 is 9.24. The number of nitrogen functional groups attached to an aromatic ring is 1. The topological polar surface area (TPSA) is 52.0 Å². The van der Waals surface area contributed by atoms with E-state index in [9.17, 15) is 0 Å². The highest BCUT2D eigenvalue weighted by Gasteiger charge is 2.19. The molecule has 2 N–H and O–H groups in total. The summed E-state index contributed by atoms with van der Waals surface area (Å²) in [4.78, 5) is 0. The van der Waals surface area contributed by atoms with Crippen molar-refractivity contribution in [2.45, 2.75) is 0 Å².